The van der Waals surface area contributed by atoms with E-state index in [-0.39, 0.29) is 0 Å². The molecule has 232 valence electrons. The summed E-state index contributed by atoms with van der Waals surface area (Å²) in [5, 5.41) is 0. The normalized spacial score (nSPS) is 15.9. The third kappa shape index (κ3) is 3.97. The summed E-state index contributed by atoms with van der Waals surface area (Å²) >= 11 is 0. The monoisotopic (exact) mass is 612 g/mol. The van der Waals surface area contributed by atoms with Gasteiger partial charge in [-0.05, 0) is 67.1 Å². The molecule has 0 aliphatic carbocycles. The Morgan fingerprint density at radius 2 is 1.28 bits per heavy atom. The zero-order valence-corrected chi connectivity index (χ0v) is 27.4. The molecule has 0 saturated carbocycles. The molecule has 0 N–H and O–H groups in total. The van der Waals surface area contributed by atoms with E-state index in [2.05, 4.69) is 83.6 Å². The van der Waals surface area contributed by atoms with Gasteiger partial charge in [0.1, 0.15) is 11.3 Å². The van der Waals surface area contributed by atoms with Crippen LogP contribution in [0.2, 0.25) is 0 Å². The molecule has 0 radical (unpaired) electrons. The Labute approximate surface area is 270 Å². The Kier molecular flexibility index (Phi) is 7.11. The quantitative estimate of drug-likeness (QED) is 0.133. The van der Waals surface area contributed by atoms with Gasteiger partial charge in [-0.25, -0.2) is 4.98 Å². The van der Waals surface area contributed by atoms with Gasteiger partial charge in [0.25, 0.3) is 0 Å². The molecule has 7 heteroatoms. The Hall–Kier alpha value is -4.78. The first-order chi connectivity index (χ1) is 22.2. The van der Waals surface area contributed by atoms with Crippen LogP contribution in [0.4, 0.5) is 8.63 Å². The third-order valence-electron chi connectivity index (χ3n) is 10.3. The van der Waals surface area contributed by atoms with Crippen LogP contribution in [0.25, 0.3) is 5.57 Å². The van der Waals surface area contributed by atoms with Crippen molar-refractivity contribution in [2.45, 2.75) is 59.9 Å². The Bertz CT molecular complexity index is 1970. The predicted molar refractivity (Wildman–Crippen MR) is 183 cm³/mol. The van der Waals surface area contributed by atoms with E-state index in [1.54, 1.807) is 0 Å². The average Bonchev–Trinajstić information content (AvgIpc) is 3.73. The van der Waals surface area contributed by atoms with Crippen molar-refractivity contribution in [3.63, 3.8) is 0 Å². The van der Waals surface area contributed by atoms with Crippen molar-refractivity contribution in [2.24, 2.45) is 0 Å². The fourth-order valence-electron chi connectivity index (χ4n) is 8.34. The average molecular weight is 613 g/mol. The highest BCUT2D eigenvalue weighted by atomic mass is 19.2. The maximum atomic E-state index is 16.9. The molecule has 7 rings (SSSR count). The van der Waals surface area contributed by atoms with Gasteiger partial charge in [-0.3, -0.25) is 0 Å². The second-order valence-electron chi connectivity index (χ2n) is 12.5. The van der Waals surface area contributed by atoms with Gasteiger partial charge in [-0.15, -0.1) is 0 Å². The summed E-state index contributed by atoms with van der Waals surface area (Å²) in [5.41, 5.74) is 10.0. The molecule has 46 heavy (non-hydrogen) atoms. The van der Waals surface area contributed by atoms with Gasteiger partial charge >= 0.3 is 6.97 Å². The zero-order valence-electron chi connectivity index (χ0n) is 27.4. The topological polar surface area (TPSA) is 25.8 Å². The van der Waals surface area contributed by atoms with Gasteiger partial charge in [-0.2, -0.15) is 0 Å². The summed E-state index contributed by atoms with van der Waals surface area (Å²) in [5.74, 6) is 0. The van der Waals surface area contributed by atoms with Crippen molar-refractivity contribution in [3.8, 4) is 0 Å². The molecule has 0 spiro atoms. The molecular weight excluding hydrogens is 573 g/mol. The fraction of sp³-hybridized carbons (Fsp3) is 0.231. The predicted octanol–water partition coefficient (Wildman–Crippen LogP) is 8.91. The number of aromatic nitrogens is 3. The summed E-state index contributed by atoms with van der Waals surface area (Å²) in [6.45, 7) is 7.63. The molecule has 2 aromatic heterocycles. The molecule has 2 aliphatic heterocycles. The van der Waals surface area contributed by atoms with Gasteiger partial charge in [0, 0.05) is 30.0 Å². The lowest BCUT2D eigenvalue weighted by atomic mass is 9.76. The van der Waals surface area contributed by atoms with Gasteiger partial charge < -0.3 is 22.2 Å². The van der Waals surface area contributed by atoms with Crippen LogP contribution in [0, 0.1) is 13.8 Å². The van der Waals surface area contributed by atoms with Crippen molar-refractivity contribution in [1.82, 2.24) is 14.0 Å². The number of nitrogens with zero attached hydrogens (tertiary/aromatic N) is 4. The molecule has 0 atom stereocenters. The summed E-state index contributed by atoms with van der Waals surface area (Å²) < 4.78 is 38.5. The Morgan fingerprint density at radius 1 is 0.761 bits per heavy atom. The number of rotatable bonds is 7. The van der Waals surface area contributed by atoms with Gasteiger partial charge in [0.2, 0.25) is 0 Å². The largest absolute Gasteiger partial charge is 0.737 e. The molecule has 2 aliphatic rings. The SMILES string of the molecule is CCC1=C(C)C2=C(c3cn(C(c4ccccc4)(c4ccccc4)c4ccccc4)cn3)c3c(C)c(CC)c(C)n3[B-](F)(F)[N+]2=C1C. The van der Waals surface area contributed by atoms with Crippen molar-refractivity contribution < 1.29 is 13.1 Å². The molecule has 4 nitrogen and oxygen atoms in total. The van der Waals surface area contributed by atoms with Crippen molar-refractivity contribution in [3.05, 3.63) is 165 Å². The van der Waals surface area contributed by atoms with E-state index in [1.807, 2.05) is 66.1 Å². The number of imidazole rings is 1. The van der Waals surface area contributed by atoms with Crippen LogP contribution in [-0.2, 0) is 12.0 Å². The molecule has 0 amide bonds. The lowest BCUT2D eigenvalue weighted by Gasteiger charge is -2.37. The van der Waals surface area contributed by atoms with E-state index in [0.29, 0.717) is 41.3 Å². The first-order valence-corrected chi connectivity index (χ1v) is 16.2. The lowest BCUT2D eigenvalue weighted by molar-refractivity contribution is -0.363. The smallest absolute Gasteiger partial charge is 0.393 e. The molecule has 5 aromatic rings. The first kappa shape index (κ1) is 29.9. The molecule has 0 fully saturated rings. The van der Waals surface area contributed by atoms with Gasteiger partial charge in [-0.1, -0.05) is 105 Å². The molecule has 3 aromatic carbocycles. The molecule has 0 bridgehead atoms. The van der Waals surface area contributed by atoms with E-state index in [9.17, 15) is 0 Å². The Morgan fingerprint density at radius 3 is 1.76 bits per heavy atom. The van der Waals surface area contributed by atoms with Crippen LogP contribution in [0.3, 0.4) is 0 Å². The first-order valence-electron chi connectivity index (χ1n) is 16.2. The number of benzene rings is 3. The van der Waals surface area contributed by atoms with Crippen LogP contribution in [0.5, 0.6) is 0 Å². The number of hydrogen-bond acceptors (Lipinski definition) is 1. The number of allylic oxidation sites excluding steroid dienone is 2. The van der Waals surface area contributed by atoms with Crippen LogP contribution < -0.4 is 0 Å². The molecule has 4 heterocycles. The minimum absolute atomic E-state index is 0.574. The van der Waals surface area contributed by atoms with Crippen LogP contribution in [-0.4, -0.2) is 31.2 Å². The van der Waals surface area contributed by atoms with Crippen molar-refractivity contribution >= 4 is 18.3 Å². The number of fused-ring (bicyclic) bond motifs is 2. The minimum atomic E-state index is -4.12. The van der Waals surface area contributed by atoms with Crippen molar-refractivity contribution in [2.75, 3.05) is 0 Å². The molecule has 0 unspecified atom stereocenters. The lowest BCUT2D eigenvalue weighted by Crippen LogP contribution is -2.51. The van der Waals surface area contributed by atoms with E-state index in [4.69, 9.17) is 4.98 Å². The van der Waals surface area contributed by atoms with Crippen LogP contribution >= 0.6 is 0 Å². The summed E-state index contributed by atoms with van der Waals surface area (Å²) in [6.07, 6.45) is 5.30. The minimum Gasteiger partial charge on any atom is -0.393 e. The maximum Gasteiger partial charge on any atom is 0.737 e. The maximum absolute atomic E-state index is 16.9. The van der Waals surface area contributed by atoms with Gasteiger partial charge in [0.15, 0.2) is 5.70 Å². The number of hydrogen-bond donors (Lipinski definition) is 0. The molecular formula is C39H39BF2N4. The van der Waals surface area contributed by atoms with E-state index in [0.717, 1.165) is 44.5 Å². The molecule has 0 saturated heterocycles. The highest BCUT2D eigenvalue weighted by molar-refractivity contribution is 6.58. The zero-order chi connectivity index (χ0) is 32.4. The fourth-order valence-corrected chi connectivity index (χ4v) is 8.34. The van der Waals surface area contributed by atoms with Gasteiger partial charge in [0.05, 0.1) is 17.6 Å². The standard InChI is InChI=1S/C39H39BF2N4/c1-7-33-26(3)37-36(38-27(4)34(8-2)29(6)46(38)40(41,42)45(37)28(33)5)35-24-44(25-43-35)39(30-18-12-9-13-19-30,31-20-14-10-15-21-31)32-22-16-11-17-23-32/h9-25H,7-8H2,1-6H3. The van der Waals surface area contributed by atoms with Crippen LogP contribution in [0.1, 0.15) is 79.0 Å². The summed E-state index contributed by atoms with van der Waals surface area (Å²) in [7, 11) is 0. The number of halogens is 2. The summed E-state index contributed by atoms with van der Waals surface area (Å²) in [6, 6.07) is 31.3. The van der Waals surface area contributed by atoms with E-state index < -0.39 is 12.5 Å². The third-order valence-corrected chi connectivity index (χ3v) is 10.3. The van der Waals surface area contributed by atoms with E-state index in [1.165, 1.54) is 8.96 Å². The van der Waals surface area contributed by atoms with Crippen LogP contribution in [0.15, 0.2) is 120 Å². The second-order valence-corrected chi connectivity index (χ2v) is 12.5. The Balaban J connectivity index is 1.59. The highest BCUT2D eigenvalue weighted by Crippen LogP contribution is 2.48. The van der Waals surface area contributed by atoms with E-state index >= 15 is 8.63 Å². The second kappa shape index (κ2) is 10.9. The van der Waals surface area contributed by atoms with Crippen molar-refractivity contribution in [1.29, 1.82) is 0 Å². The summed E-state index contributed by atoms with van der Waals surface area (Å²) in [4.78, 5) is 5.10. The highest BCUT2D eigenvalue weighted by Gasteiger charge is 2.57.